The average molecular weight is 882 g/mol. The first-order chi connectivity index (χ1) is 31.4. The fourth-order valence-corrected chi connectivity index (χ4v) is 6.30. The van der Waals surface area contributed by atoms with Crippen molar-refractivity contribution in [2.24, 2.45) is 15.7 Å². The standard InChI is InChI=1S/C23H25N7.C21H23FN6.C3H8.2C2H6/c1-30(14-17-7-4-6-16(12-17)13-24)15-21-27-22(25)29-23(28-21)26-20-11-3-2-10-19(20)18-8-5-9-18;1-15(13-28(3)14-18-6-4-5-17(11-18)12-23)25-21(24)27-16(2)26-20-9-7-19(22)8-10-20;1-3-2;2*1-2/h2-4,6-7,10-12,18H,5,8-9,14-15H2,1H3,(H3,25,26,27,28,29);4-11H,1,13-14H2,2-3H3,(H3,24,25,26,27);3H2,1-2H3;2*1-2H3. The van der Waals surface area contributed by atoms with Crippen LogP contribution in [-0.2, 0) is 19.6 Å². The molecule has 0 unspecified atom stereocenters. The molecule has 5 aromatic rings. The molecule has 344 valence electrons. The lowest BCUT2D eigenvalue weighted by Gasteiger charge is -2.27. The Kier molecular flexibility index (Phi) is 25.1. The van der Waals surface area contributed by atoms with Crippen molar-refractivity contribution in [1.29, 1.82) is 10.5 Å². The molecule has 4 aromatic carbocycles. The minimum Gasteiger partial charge on any atom is -0.369 e. The van der Waals surface area contributed by atoms with E-state index in [1.54, 1.807) is 31.2 Å². The molecule has 1 aliphatic rings. The number of nitrogens with one attached hydrogen (secondary N) is 2. The van der Waals surface area contributed by atoms with Gasteiger partial charge in [-0.15, -0.1) is 0 Å². The van der Waals surface area contributed by atoms with Crippen LogP contribution in [0.5, 0.6) is 0 Å². The number of benzene rings is 4. The first-order valence-electron chi connectivity index (χ1n) is 22.2. The zero-order valence-corrected chi connectivity index (χ0v) is 39.7. The van der Waals surface area contributed by atoms with Gasteiger partial charge in [-0.3, -0.25) is 9.80 Å². The van der Waals surface area contributed by atoms with Crippen molar-refractivity contribution in [2.45, 2.75) is 99.7 Å². The van der Waals surface area contributed by atoms with Crippen LogP contribution in [0.2, 0.25) is 0 Å². The van der Waals surface area contributed by atoms with Gasteiger partial charge < -0.3 is 22.1 Å². The number of nitrogens with two attached hydrogens (primary N) is 2. The molecule has 0 aliphatic heterocycles. The SMILES string of the molecule is C=C(CN(C)Cc1cccc(C#N)c1)NC(N)=NC(C)=Nc1ccc(F)cc1.CC.CC.CCC.CN(Cc1cccc(C#N)c1)Cc1nc(N)nc(Nc2ccccc2C2CCC2)n1. The van der Waals surface area contributed by atoms with E-state index in [0.29, 0.717) is 72.2 Å². The quantitative estimate of drug-likeness (QED) is 0.0649. The third-order valence-corrected chi connectivity index (χ3v) is 9.05. The van der Waals surface area contributed by atoms with Crippen molar-refractivity contribution in [3.05, 3.63) is 149 Å². The van der Waals surface area contributed by atoms with E-state index in [-0.39, 0.29) is 17.7 Å². The maximum Gasteiger partial charge on any atom is 0.232 e. The van der Waals surface area contributed by atoms with Crippen LogP contribution >= 0.6 is 0 Å². The summed E-state index contributed by atoms with van der Waals surface area (Å²) in [6.45, 7) is 20.3. The van der Waals surface area contributed by atoms with Gasteiger partial charge in [0.15, 0.2) is 5.96 Å². The highest BCUT2D eigenvalue weighted by molar-refractivity contribution is 5.95. The first-order valence-corrected chi connectivity index (χ1v) is 22.2. The van der Waals surface area contributed by atoms with Crippen molar-refractivity contribution < 1.29 is 4.39 Å². The number of aromatic nitrogens is 3. The summed E-state index contributed by atoms with van der Waals surface area (Å²) < 4.78 is 12.9. The third kappa shape index (κ3) is 20.4. The molecule has 0 amide bonds. The van der Waals surface area contributed by atoms with Crippen molar-refractivity contribution in [3.63, 3.8) is 0 Å². The van der Waals surface area contributed by atoms with Crippen molar-refractivity contribution in [2.75, 3.05) is 31.7 Å². The van der Waals surface area contributed by atoms with Gasteiger partial charge in [0, 0.05) is 31.0 Å². The molecule has 14 heteroatoms. The van der Waals surface area contributed by atoms with Gasteiger partial charge in [-0.05, 0) is 111 Å². The van der Waals surface area contributed by atoms with Crippen LogP contribution in [-0.4, -0.2) is 57.2 Å². The Hall–Kier alpha value is -7.00. The monoisotopic (exact) mass is 882 g/mol. The summed E-state index contributed by atoms with van der Waals surface area (Å²) in [6.07, 6.45) is 4.98. The van der Waals surface area contributed by atoms with Crippen molar-refractivity contribution in [3.8, 4) is 12.1 Å². The van der Waals surface area contributed by atoms with E-state index in [0.717, 1.165) is 16.8 Å². The van der Waals surface area contributed by atoms with Crippen LogP contribution in [0.4, 0.5) is 27.7 Å². The highest BCUT2D eigenvalue weighted by Gasteiger charge is 2.22. The van der Waals surface area contributed by atoms with Crippen LogP contribution < -0.4 is 22.1 Å². The predicted molar refractivity (Wildman–Crippen MR) is 266 cm³/mol. The smallest absolute Gasteiger partial charge is 0.232 e. The molecule has 65 heavy (non-hydrogen) atoms. The number of anilines is 3. The van der Waals surface area contributed by atoms with E-state index in [9.17, 15) is 4.39 Å². The summed E-state index contributed by atoms with van der Waals surface area (Å²) in [7, 11) is 3.93. The number of para-hydroxylation sites is 1. The molecule has 1 saturated carbocycles. The fourth-order valence-electron chi connectivity index (χ4n) is 6.30. The van der Waals surface area contributed by atoms with Gasteiger partial charge in [0.1, 0.15) is 17.5 Å². The summed E-state index contributed by atoms with van der Waals surface area (Å²) in [4.78, 5) is 25.7. The zero-order chi connectivity index (χ0) is 48.1. The lowest BCUT2D eigenvalue weighted by Crippen LogP contribution is -2.35. The number of nitriles is 2. The molecule has 0 radical (unpaired) electrons. The predicted octanol–water partition coefficient (Wildman–Crippen LogP) is 10.7. The normalized spacial score (nSPS) is 11.9. The van der Waals surface area contributed by atoms with E-state index in [4.69, 9.17) is 22.0 Å². The first kappa shape index (κ1) is 54.1. The number of hydrogen-bond donors (Lipinski definition) is 4. The summed E-state index contributed by atoms with van der Waals surface area (Å²) in [6, 6.07) is 33.5. The minimum atomic E-state index is -0.318. The summed E-state index contributed by atoms with van der Waals surface area (Å²) in [5.74, 6) is 2.15. The van der Waals surface area contributed by atoms with Gasteiger partial charge in [-0.25, -0.2) is 14.4 Å². The van der Waals surface area contributed by atoms with E-state index in [1.165, 1.54) is 43.4 Å². The van der Waals surface area contributed by atoms with Crippen LogP contribution in [0.25, 0.3) is 0 Å². The number of nitrogens with zero attached hydrogens (tertiary/aromatic N) is 9. The number of halogens is 1. The number of aliphatic imine (C=N–C) groups is 2. The van der Waals surface area contributed by atoms with Crippen LogP contribution in [0.1, 0.15) is 114 Å². The van der Waals surface area contributed by atoms with Gasteiger partial charge in [-0.1, -0.05) is 103 Å². The fraction of sp³-hybridized carbons (Fsp3) is 0.353. The maximum absolute atomic E-state index is 12.9. The molecule has 1 heterocycles. The molecule has 1 aromatic heterocycles. The van der Waals surface area contributed by atoms with Gasteiger partial charge in [0.05, 0.1) is 35.5 Å². The summed E-state index contributed by atoms with van der Waals surface area (Å²) in [5.41, 5.74) is 18.8. The number of guanidine groups is 1. The average Bonchev–Trinajstić information content (AvgIpc) is 3.26. The number of nitrogen functional groups attached to an aromatic ring is 1. The van der Waals surface area contributed by atoms with Gasteiger partial charge in [0.2, 0.25) is 11.9 Å². The number of likely N-dealkylation sites (N-methyl/N-ethyl adjacent to an activating group) is 1. The van der Waals surface area contributed by atoms with Gasteiger partial charge in [-0.2, -0.15) is 25.5 Å². The lowest BCUT2D eigenvalue weighted by molar-refractivity contribution is 0.310. The summed E-state index contributed by atoms with van der Waals surface area (Å²) >= 11 is 0. The Morgan fingerprint density at radius 3 is 1.94 bits per heavy atom. The molecule has 0 spiro atoms. The molecule has 13 nitrogen and oxygen atoms in total. The highest BCUT2D eigenvalue weighted by Crippen LogP contribution is 2.40. The van der Waals surface area contributed by atoms with E-state index in [1.807, 2.05) is 89.2 Å². The molecule has 6 N–H and O–H groups in total. The van der Waals surface area contributed by atoms with Crippen LogP contribution in [0.3, 0.4) is 0 Å². The minimum absolute atomic E-state index is 0.174. The highest BCUT2D eigenvalue weighted by atomic mass is 19.1. The Labute approximate surface area is 386 Å². The molecule has 1 aliphatic carbocycles. The second-order valence-corrected chi connectivity index (χ2v) is 14.8. The third-order valence-electron chi connectivity index (χ3n) is 9.05. The van der Waals surface area contributed by atoms with E-state index >= 15 is 0 Å². The van der Waals surface area contributed by atoms with Crippen molar-refractivity contribution >= 4 is 35.1 Å². The molecule has 6 rings (SSSR count). The van der Waals surface area contributed by atoms with Gasteiger partial charge >= 0.3 is 0 Å². The second-order valence-electron chi connectivity index (χ2n) is 14.8. The number of rotatable bonds is 13. The maximum atomic E-state index is 12.9. The molecular weight excluding hydrogens is 814 g/mol. The topological polar surface area (TPSA) is 194 Å². The van der Waals surface area contributed by atoms with E-state index < -0.39 is 0 Å². The molecule has 0 saturated heterocycles. The second kappa shape index (κ2) is 30.1. The summed E-state index contributed by atoms with van der Waals surface area (Å²) in [5, 5.41) is 24.3. The van der Waals surface area contributed by atoms with E-state index in [2.05, 4.69) is 91.2 Å². The number of amidine groups is 1. The largest absolute Gasteiger partial charge is 0.369 e. The Bertz CT molecular complexity index is 2340. The van der Waals surface area contributed by atoms with Crippen LogP contribution in [0.15, 0.2) is 119 Å². The molecule has 1 fully saturated rings. The molecule has 0 atom stereocenters. The zero-order valence-electron chi connectivity index (χ0n) is 39.7. The number of hydrogen-bond acceptors (Lipinski definition) is 10. The van der Waals surface area contributed by atoms with Gasteiger partial charge in [0.25, 0.3) is 0 Å². The van der Waals surface area contributed by atoms with Crippen LogP contribution in [0, 0.1) is 28.5 Å². The molecular formula is C51H68FN13. The Balaban J connectivity index is 0.000000394. The Morgan fingerprint density at radius 2 is 1.38 bits per heavy atom. The molecule has 0 bridgehead atoms. The Morgan fingerprint density at radius 1 is 0.815 bits per heavy atom. The van der Waals surface area contributed by atoms with Crippen molar-refractivity contribution in [1.82, 2.24) is 30.1 Å². The lowest BCUT2D eigenvalue weighted by atomic mass is 9.79.